The van der Waals surface area contributed by atoms with Gasteiger partial charge < -0.3 is 5.11 Å². The second-order valence-electron chi connectivity index (χ2n) is 3.75. The molecular formula is C12H14N2O2. The lowest BCUT2D eigenvalue weighted by Crippen LogP contribution is -2.17. The maximum atomic E-state index is 11.5. The molecule has 84 valence electrons. The van der Waals surface area contributed by atoms with Gasteiger partial charge in [-0.05, 0) is 18.6 Å². The minimum atomic E-state index is -0.120. The highest BCUT2D eigenvalue weighted by molar-refractivity contribution is 5.59. The van der Waals surface area contributed by atoms with Gasteiger partial charge in [0.1, 0.15) is 0 Å². The van der Waals surface area contributed by atoms with E-state index < -0.39 is 0 Å². The first-order chi connectivity index (χ1) is 7.70. The standard InChI is InChI=1S/C12H14N2O2/c1-9-3-2-4-10(7-9)11-8-12(16)14(13-11)5-6-15/h2-4,7-8,13,15H,5-6H2,1H3. The maximum Gasteiger partial charge on any atom is 0.267 e. The van der Waals surface area contributed by atoms with Crippen molar-refractivity contribution in [3.05, 3.63) is 46.2 Å². The van der Waals surface area contributed by atoms with Crippen molar-refractivity contribution >= 4 is 0 Å². The lowest BCUT2D eigenvalue weighted by Gasteiger charge is -2.00. The summed E-state index contributed by atoms with van der Waals surface area (Å²) in [5.74, 6) is 0. The van der Waals surface area contributed by atoms with Crippen molar-refractivity contribution in [1.82, 2.24) is 9.78 Å². The largest absolute Gasteiger partial charge is 0.394 e. The average Bonchev–Trinajstić information content (AvgIpc) is 2.61. The number of nitrogens with zero attached hydrogens (tertiary/aromatic N) is 1. The zero-order chi connectivity index (χ0) is 11.5. The molecule has 1 aromatic heterocycles. The monoisotopic (exact) mass is 218 g/mol. The Morgan fingerprint density at radius 1 is 1.38 bits per heavy atom. The molecule has 0 saturated heterocycles. The van der Waals surface area contributed by atoms with Gasteiger partial charge in [0.15, 0.2) is 0 Å². The molecule has 0 bridgehead atoms. The fraction of sp³-hybridized carbons (Fsp3) is 0.250. The van der Waals surface area contributed by atoms with Crippen LogP contribution in [0.4, 0.5) is 0 Å². The van der Waals surface area contributed by atoms with E-state index in [1.807, 2.05) is 31.2 Å². The van der Waals surface area contributed by atoms with Crippen LogP contribution < -0.4 is 5.56 Å². The summed E-state index contributed by atoms with van der Waals surface area (Å²) in [7, 11) is 0. The highest BCUT2D eigenvalue weighted by atomic mass is 16.3. The number of hydrogen-bond acceptors (Lipinski definition) is 2. The van der Waals surface area contributed by atoms with Gasteiger partial charge in [-0.25, -0.2) is 0 Å². The van der Waals surface area contributed by atoms with E-state index in [1.165, 1.54) is 4.68 Å². The van der Waals surface area contributed by atoms with Crippen molar-refractivity contribution in [1.29, 1.82) is 0 Å². The van der Waals surface area contributed by atoms with Gasteiger partial charge in [-0.3, -0.25) is 14.6 Å². The average molecular weight is 218 g/mol. The summed E-state index contributed by atoms with van der Waals surface area (Å²) in [5.41, 5.74) is 2.79. The first kappa shape index (κ1) is 10.7. The van der Waals surface area contributed by atoms with Crippen LogP contribution in [0, 0.1) is 6.92 Å². The molecule has 0 radical (unpaired) electrons. The zero-order valence-electron chi connectivity index (χ0n) is 9.10. The van der Waals surface area contributed by atoms with Crippen molar-refractivity contribution in [2.24, 2.45) is 0 Å². The van der Waals surface area contributed by atoms with Gasteiger partial charge in [-0.15, -0.1) is 0 Å². The number of aryl methyl sites for hydroxylation is 1. The Labute approximate surface area is 93.1 Å². The molecule has 0 amide bonds. The first-order valence-electron chi connectivity index (χ1n) is 5.18. The van der Waals surface area contributed by atoms with Crippen molar-refractivity contribution in [2.45, 2.75) is 13.5 Å². The van der Waals surface area contributed by atoms with Crippen LogP contribution in [0.2, 0.25) is 0 Å². The second-order valence-corrected chi connectivity index (χ2v) is 3.75. The molecule has 2 N–H and O–H groups in total. The smallest absolute Gasteiger partial charge is 0.267 e. The van der Waals surface area contributed by atoms with E-state index in [4.69, 9.17) is 5.11 Å². The van der Waals surface area contributed by atoms with Gasteiger partial charge in [0.05, 0.1) is 18.8 Å². The molecular weight excluding hydrogens is 204 g/mol. The number of aliphatic hydroxyl groups excluding tert-OH is 1. The van der Waals surface area contributed by atoms with Crippen molar-refractivity contribution in [3.63, 3.8) is 0 Å². The van der Waals surface area contributed by atoms with E-state index in [1.54, 1.807) is 6.07 Å². The van der Waals surface area contributed by atoms with E-state index in [9.17, 15) is 4.79 Å². The Bertz CT molecular complexity index is 540. The van der Waals surface area contributed by atoms with Gasteiger partial charge in [-0.1, -0.05) is 23.8 Å². The summed E-state index contributed by atoms with van der Waals surface area (Å²) in [6.45, 7) is 2.25. The second kappa shape index (κ2) is 4.37. The molecule has 0 atom stereocenters. The van der Waals surface area contributed by atoms with Crippen LogP contribution in [0.15, 0.2) is 35.1 Å². The van der Waals surface area contributed by atoms with Gasteiger partial charge in [0.2, 0.25) is 0 Å². The van der Waals surface area contributed by atoms with E-state index >= 15 is 0 Å². The third-order valence-corrected chi connectivity index (χ3v) is 2.44. The molecule has 4 heteroatoms. The van der Waals surface area contributed by atoms with Gasteiger partial charge in [0, 0.05) is 6.07 Å². The van der Waals surface area contributed by atoms with Crippen molar-refractivity contribution in [2.75, 3.05) is 6.61 Å². The topological polar surface area (TPSA) is 58.0 Å². The molecule has 0 unspecified atom stereocenters. The normalized spacial score (nSPS) is 10.6. The minimum absolute atomic E-state index is 0.0479. The van der Waals surface area contributed by atoms with Crippen LogP contribution in [-0.2, 0) is 6.54 Å². The van der Waals surface area contributed by atoms with Crippen LogP contribution in [0.5, 0.6) is 0 Å². The number of aromatic amines is 1. The Morgan fingerprint density at radius 2 is 2.19 bits per heavy atom. The fourth-order valence-electron chi connectivity index (χ4n) is 1.66. The fourth-order valence-corrected chi connectivity index (χ4v) is 1.66. The van der Waals surface area contributed by atoms with E-state index in [2.05, 4.69) is 5.10 Å². The molecule has 0 fully saturated rings. The number of aromatic nitrogens is 2. The molecule has 0 aliphatic rings. The van der Waals surface area contributed by atoms with Crippen LogP contribution >= 0.6 is 0 Å². The van der Waals surface area contributed by atoms with Crippen LogP contribution in [0.1, 0.15) is 5.56 Å². The summed E-state index contributed by atoms with van der Waals surface area (Å²) >= 11 is 0. The highest BCUT2D eigenvalue weighted by Gasteiger charge is 2.04. The summed E-state index contributed by atoms with van der Waals surface area (Å²) in [6, 6.07) is 9.46. The molecule has 1 aromatic carbocycles. The van der Waals surface area contributed by atoms with E-state index in [0.29, 0.717) is 6.54 Å². The number of nitrogens with one attached hydrogen (secondary N) is 1. The minimum Gasteiger partial charge on any atom is -0.394 e. The predicted molar refractivity (Wildman–Crippen MR) is 62.3 cm³/mol. The van der Waals surface area contributed by atoms with Gasteiger partial charge in [0.25, 0.3) is 5.56 Å². The molecule has 1 heterocycles. The first-order valence-corrected chi connectivity index (χ1v) is 5.18. The number of benzene rings is 1. The third kappa shape index (κ3) is 2.06. The lowest BCUT2D eigenvalue weighted by atomic mass is 10.1. The van der Waals surface area contributed by atoms with E-state index in [-0.39, 0.29) is 12.2 Å². The molecule has 4 nitrogen and oxygen atoms in total. The summed E-state index contributed by atoms with van der Waals surface area (Å²) in [4.78, 5) is 11.5. The van der Waals surface area contributed by atoms with Crippen molar-refractivity contribution < 1.29 is 5.11 Å². The number of aliphatic hydroxyl groups is 1. The number of H-pyrrole nitrogens is 1. The summed E-state index contributed by atoms with van der Waals surface area (Å²) in [5, 5.41) is 11.8. The van der Waals surface area contributed by atoms with Crippen LogP contribution in [-0.4, -0.2) is 21.5 Å². The lowest BCUT2D eigenvalue weighted by molar-refractivity contribution is 0.267. The Kier molecular flexibility index (Phi) is 2.92. The predicted octanol–water partition coefficient (Wildman–Crippen LogP) is 1.14. The maximum absolute atomic E-state index is 11.5. The molecule has 2 rings (SSSR count). The Morgan fingerprint density at radius 3 is 2.88 bits per heavy atom. The van der Waals surface area contributed by atoms with Gasteiger partial charge in [-0.2, -0.15) is 0 Å². The van der Waals surface area contributed by atoms with Crippen LogP contribution in [0.25, 0.3) is 11.3 Å². The third-order valence-electron chi connectivity index (χ3n) is 2.44. The SMILES string of the molecule is Cc1cccc(-c2cc(=O)n(CCO)[nH]2)c1. The zero-order valence-corrected chi connectivity index (χ0v) is 9.10. The van der Waals surface area contributed by atoms with E-state index in [0.717, 1.165) is 16.8 Å². The molecule has 16 heavy (non-hydrogen) atoms. The Hall–Kier alpha value is -1.81. The molecule has 0 aliphatic carbocycles. The highest BCUT2D eigenvalue weighted by Crippen LogP contribution is 2.16. The number of rotatable bonds is 3. The molecule has 2 aromatic rings. The van der Waals surface area contributed by atoms with Crippen LogP contribution in [0.3, 0.4) is 0 Å². The molecule has 0 aliphatic heterocycles. The summed E-state index contributed by atoms with van der Waals surface area (Å²) in [6.07, 6.45) is 0. The Balaban J connectivity index is 2.41. The number of hydrogen-bond donors (Lipinski definition) is 2. The molecule has 0 spiro atoms. The van der Waals surface area contributed by atoms with Crippen molar-refractivity contribution in [3.8, 4) is 11.3 Å². The molecule has 0 saturated carbocycles. The van der Waals surface area contributed by atoms with Gasteiger partial charge >= 0.3 is 0 Å². The summed E-state index contributed by atoms with van der Waals surface area (Å²) < 4.78 is 1.40. The quantitative estimate of drug-likeness (QED) is 0.811.